The lowest BCUT2D eigenvalue weighted by molar-refractivity contribution is 0.717. The van der Waals surface area contributed by atoms with Crippen LogP contribution in [0.5, 0.6) is 0 Å². The number of hydrogen-bond acceptors (Lipinski definition) is 3. The molecule has 1 saturated carbocycles. The Labute approximate surface area is 125 Å². The van der Waals surface area contributed by atoms with Gasteiger partial charge >= 0.3 is 0 Å². The summed E-state index contributed by atoms with van der Waals surface area (Å²) in [5.41, 5.74) is 12.4. The molecule has 1 aliphatic carbocycles. The van der Waals surface area contributed by atoms with E-state index in [9.17, 15) is 0 Å². The lowest BCUT2D eigenvalue weighted by Gasteiger charge is -2.08. The van der Waals surface area contributed by atoms with Crippen LogP contribution in [0.2, 0.25) is 0 Å². The van der Waals surface area contributed by atoms with Gasteiger partial charge in [0.25, 0.3) is 0 Å². The molecule has 1 fully saturated rings. The van der Waals surface area contributed by atoms with Gasteiger partial charge in [0, 0.05) is 11.5 Å². The largest absolute Gasteiger partial charge is 0.389 e. The molecule has 0 spiro atoms. The fraction of sp³-hybridized carbons (Fsp3) is 0.471. The molecule has 2 nitrogen and oxygen atoms in total. The Morgan fingerprint density at radius 3 is 2.40 bits per heavy atom. The third-order valence-electron chi connectivity index (χ3n) is 4.47. The molecule has 2 N–H and O–H groups in total. The summed E-state index contributed by atoms with van der Waals surface area (Å²) in [6, 6.07) is 4.47. The van der Waals surface area contributed by atoms with E-state index < -0.39 is 0 Å². The van der Waals surface area contributed by atoms with E-state index in [0.717, 1.165) is 10.7 Å². The first-order valence-corrected chi connectivity index (χ1v) is 8.22. The molecule has 1 aromatic carbocycles. The highest BCUT2D eigenvalue weighted by molar-refractivity contribution is 7.16. The van der Waals surface area contributed by atoms with Crippen molar-refractivity contribution in [2.45, 2.75) is 52.4 Å². The van der Waals surface area contributed by atoms with Gasteiger partial charge in [-0.2, -0.15) is 0 Å². The molecule has 3 rings (SSSR count). The highest BCUT2D eigenvalue weighted by Gasteiger charge is 2.23. The number of nitrogens with two attached hydrogens (primary N) is 1. The number of aryl methyl sites for hydroxylation is 3. The van der Waals surface area contributed by atoms with Crippen molar-refractivity contribution in [3.05, 3.63) is 33.8 Å². The van der Waals surface area contributed by atoms with Crippen molar-refractivity contribution in [2.75, 3.05) is 5.73 Å². The van der Waals surface area contributed by atoms with Gasteiger partial charge < -0.3 is 5.73 Å². The molecule has 0 unspecified atom stereocenters. The average molecular weight is 286 g/mol. The van der Waals surface area contributed by atoms with Crippen molar-refractivity contribution in [3.8, 4) is 11.3 Å². The number of benzene rings is 1. The Balaban J connectivity index is 2.04. The Bertz CT molecular complexity index is 637. The van der Waals surface area contributed by atoms with Gasteiger partial charge in [-0.3, -0.25) is 0 Å². The summed E-state index contributed by atoms with van der Waals surface area (Å²) in [5, 5.41) is 2.12. The normalized spacial score (nSPS) is 15.9. The average Bonchev–Trinajstić information content (AvgIpc) is 3.03. The minimum absolute atomic E-state index is 0.642. The number of aromatic nitrogens is 1. The number of rotatable bonds is 2. The van der Waals surface area contributed by atoms with Crippen molar-refractivity contribution < 1.29 is 0 Å². The molecule has 0 bridgehead atoms. The third kappa shape index (κ3) is 2.35. The van der Waals surface area contributed by atoms with Gasteiger partial charge in [0.2, 0.25) is 0 Å². The molecule has 20 heavy (non-hydrogen) atoms. The maximum absolute atomic E-state index is 6.25. The first-order chi connectivity index (χ1) is 9.56. The van der Waals surface area contributed by atoms with Crippen molar-refractivity contribution >= 4 is 16.3 Å². The number of hydrogen-bond donors (Lipinski definition) is 1. The quantitative estimate of drug-likeness (QED) is 0.846. The molecular weight excluding hydrogens is 264 g/mol. The second-order valence-corrected chi connectivity index (χ2v) is 7.06. The van der Waals surface area contributed by atoms with Gasteiger partial charge in [0.05, 0.1) is 5.01 Å². The van der Waals surface area contributed by atoms with Crippen LogP contribution in [0, 0.1) is 20.8 Å². The Morgan fingerprint density at radius 1 is 1.05 bits per heavy atom. The van der Waals surface area contributed by atoms with E-state index in [1.165, 1.54) is 52.9 Å². The monoisotopic (exact) mass is 286 g/mol. The van der Waals surface area contributed by atoms with Crippen LogP contribution in [-0.4, -0.2) is 4.98 Å². The van der Waals surface area contributed by atoms with E-state index in [4.69, 9.17) is 10.7 Å². The summed E-state index contributed by atoms with van der Waals surface area (Å²) in [6.45, 7) is 6.45. The predicted octanol–water partition coefficient (Wildman–Crippen LogP) is 4.98. The standard InChI is InChI=1S/C17H22N2S/c1-10-8-12(3)14(9-11(10)2)15-16(18)20-17(19-15)13-6-4-5-7-13/h8-9,13H,4-7,18H2,1-3H3. The van der Waals surface area contributed by atoms with Crippen LogP contribution in [0.4, 0.5) is 5.00 Å². The molecule has 0 amide bonds. The lowest BCUT2D eigenvalue weighted by Crippen LogP contribution is -1.94. The fourth-order valence-electron chi connectivity index (χ4n) is 3.11. The van der Waals surface area contributed by atoms with E-state index in [1.54, 1.807) is 11.3 Å². The van der Waals surface area contributed by atoms with Crippen molar-refractivity contribution in [2.24, 2.45) is 0 Å². The molecule has 0 saturated heterocycles. The maximum atomic E-state index is 6.25. The second kappa shape index (κ2) is 5.21. The Kier molecular flexibility index (Phi) is 3.55. The molecular formula is C17H22N2S. The highest BCUT2D eigenvalue weighted by Crippen LogP contribution is 2.41. The third-order valence-corrected chi connectivity index (χ3v) is 5.52. The minimum atomic E-state index is 0.642. The summed E-state index contributed by atoms with van der Waals surface area (Å²) >= 11 is 1.69. The van der Waals surface area contributed by atoms with Crippen LogP contribution in [0.1, 0.15) is 53.3 Å². The lowest BCUT2D eigenvalue weighted by atomic mass is 9.99. The van der Waals surface area contributed by atoms with Gasteiger partial charge in [-0.15, -0.1) is 11.3 Å². The molecule has 0 atom stereocenters. The van der Waals surface area contributed by atoms with Gasteiger partial charge in [-0.25, -0.2) is 4.98 Å². The number of nitrogen functional groups attached to an aromatic ring is 1. The van der Waals surface area contributed by atoms with Crippen molar-refractivity contribution in [3.63, 3.8) is 0 Å². The maximum Gasteiger partial charge on any atom is 0.114 e. The topological polar surface area (TPSA) is 38.9 Å². The SMILES string of the molecule is Cc1cc(C)c(-c2nc(C3CCCC3)sc2N)cc1C. The van der Waals surface area contributed by atoms with Crippen LogP contribution in [0.15, 0.2) is 12.1 Å². The highest BCUT2D eigenvalue weighted by atomic mass is 32.1. The van der Waals surface area contributed by atoms with Crippen molar-refractivity contribution in [1.82, 2.24) is 4.98 Å². The molecule has 3 heteroatoms. The molecule has 0 aliphatic heterocycles. The van der Waals surface area contributed by atoms with Gasteiger partial charge in [0.15, 0.2) is 0 Å². The van der Waals surface area contributed by atoms with Crippen LogP contribution < -0.4 is 5.73 Å². The Morgan fingerprint density at radius 2 is 1.70 bits per heavy atom. The van der Waals surface area contributed by atoms with Gasteiger partial charge in [-0.05, 0) is 56.4 Å². The summed E-state index contributed by atoms with van der Waals surface area (Å²) in [6.07, 6.45) is 5.22. The zero-order valence-electron chi connectivity index (χ0n) is 12.5. The van der Waals surface area contributed by atoms with Gasteiger partial charge in [0.1, 0.15) is 10.7 Å². The molecule has 1 heterocycles. The van der Waals surface area contributed by atoms with E-state index in [-0.39, 0.29) is 0 Å². The predicted molar refractivity (Wildman–Crippen MR) is 87.4 cm³/mol. The first kappa shape index (κ1) is 13.6. The van der Waals surface area contributed by atoms with Gasteiger partial charge in [-0.1, -0.05) is 18.9 Å². The van der Waals surface area contributed by atoms with E-state index >= 15 is 0 Å². The van der Waals surface area contributed by atoms with Crippen LogP contribution in [0.25, 0.3) is 11.3 Å². The molecule has 0 radical (unpaired) electrons. The number of anilines is 1. The summed E-state index contributed by atoms with van der Waals surface area (Å²) in [4.78, 5) is 4.89. The van der Waals surface area contributed by atoms with Crippen LogP contribution in [0.3, 0.4) is 0 Å². The molecule has 2 aromatic rings. The molecule has 1 aromatic heterocycles. The summed E-state index contributed by atoms with van der Waals surface area (Å²) in [7, 11) is 0. The number of nitrogens with zero attached hydrogens (tertiary/aromatic N) is 1. The summed E-state index contributed by atoms with van der Waals surface area (Å²) < 4.78 is 0. The fourth-order valence-corrected chi connectivity index (χ4v) is 4.12. The van der Waals surface area contributed by atoms with E-state index in [0.29, 0.717) is 5.92 Å². The van der Waals surface area contributed by atoms with Crippen LogP contribution >= 0.6 is 11.3 Å². The minimum Gasteiger partial charge on any atom is -0.389 e. The molecule has 106 valence electrons. The van der Waals surface area contributed by atoms with E-state index in [1.807, 2.05) is 0 Å². The smallest absolute Gasteiger partial charge is 0.114 e. The molecule has 1 aliphatic rings. The van der Waals surface area contributed by atoms with Crippen LogP contribution in [-0.2, 0) is 0 Å². The Hall–Kier alpha value is -1.35. The van der Waals surface area contributed by atoms with E-state index in [2.05, 4.69) is 32.9 Å². The first-order valence-electron chi connectivity index (χ1n) is 7.40. The number of thiazole rings is 1. The van der Waals surface area contributed by atoms with Crippen molar-refractivity contribution in [1.29, 1.82) is 0 Å². The zero-order chi connectivity index (χ0) is 14.3. The second-order valence-electron chi connectivity index (χ2n) is 6.00. The summed E-state index contributed by atoms with van der Waals surface area (Å²) in [5.74, 6) is 0.642. The zero-order valence-corrected chi connectivity index (χ0v) is 13.3.